The summed E-state index contributed by atoms with van der Waals surface area (Å²) in [6, 6.07) is 2.93. The zero-order valence-corrected chi connectivity index (χ0v) is 17.1. The third-order valence-electron chi connectivity index (χ3n) is 5.38. The molecular weight excluding hydrogens is 411 g/mol. The average Bonchev–Trinajstić information content (AvgIpc) is 3.28. The number of nitrogens with one attached hydrogen (secondary N) is 1. The van der Waals surface area contributed by atoms with Gasteiger partial charge in [-0.05, 0) is 43.0 Å². The van der Waals surface area contributed by atoms with Gasteiger partial charge in [-0.1, -0.05) is 18.9 Å². The zero-order chi connectivity index (χ0) is 22.5. The molecule has 0 aliphatic heterocycles. The maximum absolute atomic E-state index is 14.2. The van der Waals surface area contributed by atoms with Crippen LogP contribution in [0.1, 0.15) is 36.8 Å². The number of hydrogen-bond acceptors (Lipinski definition) is 5. The summed E-state index contributed by atoms with van der Waals surface area (Å²) in [4.78, 5) is 29.3. The van der Waals surface area contributed by atoms with Gasteiger partial charge in [0.15, 0.2) is 23.2 Å². The lowest BCUT2D eigenvalue weighted by atomic mass is 10.0. The summed E-state index contributed by atoms with van der Waals surface area (Å²) >= 11 is 0. The van der Waals surface area contributed by atoms with Crippen molar-refractivity contribution in [3.05, 3.63) is 53.0 Å². The molecule has 0 radical (unpaired) electrons. The number of nitrogens with zero attached hydrogens (tertiary/aromatic N) is 1. The summed E-state index contributed by atoms with van der Waals surface area (Å²) in [7, 11) is 0. The highest BCUT2D eigenvalue weighted by atomic mass is 19.2. The van der Waals surface area contributed by atoms with Crippen LogP contribution in [0.5, 0.6) is 5.75 Å². The molecule has 1 aromatic carbocycles. The van der Waals surface area contributed by atoms with Gasteiger partial charge >= 0.3 is 0 Å². The molecule has 2 aromatic rings. The van der Waals surface area contributed by atoms with Crippen LogP contribution in [0.3, 0.4) is 0 Å². The maximum Gasteiger partial charge on any atom is 0.223 e. The smallest absolute Gasteiger partial charge is 0.223 e. The number of carbonyl (C=O) groups is 2. The van der Waals surface area contributed by atoms with Gasteiger partial charge in [-0.15, -0.1) is 0 Å². The number of pyridine rings is 1. The fourth-order valence-corrected chi connectivity index (χ4v) is 3.59. The Morgan fingerprint density at radius 3 is 2.58 bits per heavy atom. The van der Waals surface area contributed by atoms with E-state index >= 15 is 0 Å². The lowest BCUT2D eigenvalue weighted by Gasteiger charge is -2.20. The first-order valence-electron chi connectivity index (χ1n) is 10.1. The van der Waals surface area contributed by atoms with Crippen molar-refractivity contribution in [1.29, 1.82) is 0 Å². The van der Waals surface area contributed by atoms with Crippen molar-refractivity contribution in [2.45, 2.75) is 45.1 Å². The molecule has 6 nitrogen and oxygen atoms in total. The molecule has 166 valence electrons. The number of nitrogens with two attached hydrogens (primary N) is 1. The number of aryl methyl sites for hydroxylation is 1. The number of rotatable bonds is 8. The first-order valence-corrected chi connectivity index (χ1v) is 10.1. The lowest BCUT2D eigenvalue weighted by Crippen LogP contribution is -2.46. The third-order valence-corrected chi connectivity index (χ3v) is 5.38. The number of nitrogen functional groups attached to an aromatic ring is 1. The van der Waals surface area contributed by atoms with E-state index in [4.69, 9.17) is 10.5 Å². The van der Waals surface area contributed by atoms with Crippen LogP contribution < -0.4 is 15.8 Å². The van der Waals surface area contributed by atoms with Crippen molar-refractivity contribution in [3.63, 3.8) is 0 Å². The van der Waals surface area contributed by atoms with Gasteiger partial charge in [0.1, 0.15) is 12.4 Å². The Morgan fingerprint density at radius 2 is 1.94 bits per heavy atom. The molecule has 9 heteroatoms. The van der Waals surface area contributed by atoms with Crippen molar-refractivity contribution in [1.82, 2.24) is 10.3 Å². The highest BCUT2D eigenvalue weighted by Crippen LogP contribution is 2.27. The Morgan fingerprint density at radius 1 is 1.23 bits per heavy atom. The predicted molar refractivity (Wildman–Crippen MR) is 108 cm³/mol. The molecule has 1 aromatic heterocycles. The van der Waals surface area contributed by atoms with Crippen LogP contribution in [0.25, 0.3) is 0 Å². The summed E-state index contributed by atoms with van der Waals surface area (Å²) in [5.41, 5.74) is 6.06. The van der Waals surface area contributed by atoms with Crippen LogP contribution in [-0.4, -0.2) is 29.3 Å². The van der Waals surface area contributed by atoms with E-state index in [-0.39, 0.29) is 23.8 Å². The van der Waals surface area contributed by atoms with Crippen molar-refractivity contribution >= 4 is 17.5 Å². The summed E-state index contributed by atoms with van der Waals surface area (Å²) in [5.74, 6) is -5.56. The first-order chi connectivity index (χ1) is 14.8. The van der Waals surface area contributed by atoms with Gasteiger partial charge in [0.05, 0.1) is 6.04 Å². The number of benzene rings is 1. The van der Waals surface area contributed by atoms with Gasteiger partial charge in [-0.3, -0.25) is 9.59 Å². The van der Waals surface area contributed by atoms with Gasteiger partial charge in [0.2, 0.25) is 11.7 Å². The van der Waals surface area contributed by atoms with Gasteiger partial charge < -0.3 is 15.8 Å². The minimum absolute atomic E-state index is 0.0983. The Balaban J connectivity index is 1.75. The molecule has 1 atom stereocenters. The Labute approximate surface area is 178 Å². The summed E-state index contributed by atoms with van der Waals surface area (Å²) < 4.78 is 46.7. The SMILES string of the molecule is Cc1cc(F)c(F)c(OCC(=O)[C@H](Cc2ccc(N)nc2)NC(=O)C2CCCC2)c1F. The molecule has 0 bridgehead atoms. The van der Waals surface area contributed by atoms with Crippen molar-refractivity contribution in [2.75, 3.05) is 12.3 Å². The van der Waals surface area contributed by atoms with Crippen LogP contribution in [-0.2, 0) is 16.0 Å². The standard InChI is InChI=1S/C22H24F3N3O3/c1-12-8-15(23)20(25)21(19(12)24)31-11-17(29)16(9-13-6-7-18(26)27-10-13)28-22(30)14-4-2-3-5-14/h6-8,10,14,16H,2-5,9,11H2,1H3,(H2,26,27)(H,28,30)/t16-/m0/s1. The van der Waals surface area contributed by atoms with Gasteiger partial charge in [0, 0.05) is 18.5 Å². The van der Waals surface area contributed by atoms with Crippen LogP contribution in [0.4, 0.5) is 19.0 Å². The summed E-state index contributed by atoms with van der Waals surface area (Å²) in [5, 5.41) is 2.72. The molecule has 0 unspecified atom stereocenters. The Kier molecular flexibility index (Phi) is 7.14. The molecule has 1 saturated carbocycles. The van der Waals surface area contributed by atoms with E-state index in [2.05, 4.69) is 10.3 Å². The molecule has 1 fully saturated rings. The van der Waals surface area contributed by atoms with Gasteiger partial charge in [-0.25, -0.2) is 13.8 Å². The topological polar surface area (TPSA) is 94.3 Å². The van der Waals surface area contributed by atoms with Crippen LogP contribution in [0.2, 0.25) is 0 Å². The van der Waals surface area contributed by atoms with E-state index in [1.165, 1.54) is 13.1 Å². The lowest BCUT2D eigenvalue weighted by molar-refractivity contribution is -0.131. The van der Waals surface area contributed by atoms with E-state index in [1.807, 2.05) is 0 Å². The first kappa shape index (κ1) is 22.6. The van der Waals surface area contributed by atoms with Crippen molar-refractivity contribution < 1.29 is 27.5 Å². The molecule has 0 saturated heterocycles. The minimum Gasteiger partial charge on any atom is -0.480 e. The molecule has 1 amide bonds. The number of ketones is 1. The van der Waals surface area contributed by atoms with Gasteiger partial charge in [0.25, 0.3) is 0 Å². The number of aromatic nitrogens is 1. The van der Waals surface area contributed by atoms with E-state index in [0.29, 0.717) is 17.4 Å². The Bertz CT molecular complexity index is 934. The van der Waals surface area contributed by atoms with E-state index < -0.39 is 41.6 Å². The third kappa shape index (κ3) is 5.53. The normalized spacial score (nSPS) is 15.0. The number of anilines is 1. The predicted octanol–water partition coefficient (Wildman–Crippen LogP) is 3.26. The largest absolute Gasteiger partial charge is 0.480 e. The molecule has 1 heterocycles. The quantitative estimate of drug-likeness (QED) is 0.621. The molecule has 1 aliphatic rings. The van der Waals surface area contributed by atoms with E-state index in [1.54, 1.807) is 12.1 Å². The van der Waals surface area contributed by atoms with Crippen LogP contribution in [0.15, 0.2) is 24.4 Å². The highest BCUT2D eigenvalue weighted by molar-refractivity contribution is 5.91. The highest BCUT2D eigenvalue weighted by Gasteiger charge is 2.29. The number of halogens is 3. The number of amides is 1. The zero-order valence-electron chi connectivity index (χ0n) is 17.1. The number of carbonyl (C=O) groups excluding carboxylic acids is 2. The van der Waals surface area contributed by atoms with Crippen molar-refractivity contribution in [3.8, 4) is 5.75 Å². The van der Waals surface area contributed by atoms with Crippen LogP contribution >= 0.6 is 0 Å². The Hall–Kier alpha value is -3.10. The molecule has 31 heavy (non-hydrogen) atoms. The number of hydrogen-bond donors (Lipinski definition) is 2. The molecule has 1 aliphatic carbocycles. The average molecular weight is 435 g/mol. The molecule has 0 spiro atoms. The summed E-state index contributed by atoms with van der Waals surface area (Å²) in [6.45, 7) is 0.514. The number of Topliss-reactive ketones (excluding diaryl/α,β-unsaturated/α-hetero) is 1. The minimum atomic E-state index is -1.51. The number of ether oxygens (including phenoxy) is 1. The summed E-state index contributed by atoms with van der Waals surface area (Å²) in [6.07, 6.45) is 4.95. The maximum atomic E-state index is 14.2. The monoisotopic (exact) mass is 435 g/mol. The van der Waals surface area contributed by atoms with Crippen molar-refractivity contribution in [2.24, 2.45) is 5.92 Å². The van der Waals surface area contributed by atoms with Crippen LogP contribution in [0, 0.1) is 30.3 Å². The van der Waals surface area contributed by atoms with Gasteiger partial charge in [-0.2, -0.15) is 4.39 Å². The second-order valence-electron chi connectivity index (χ2n) is 7.73. The second kappa shape index (κ2) is 9.80. The second-order valence-corrected chi connectivity index (χ2v) is 7.73. The molecule has 3 rings (SSSR count). The molecule has 3 N–H and O–H groups in total. The van der Waals surface area contributed by atoms with E-state index in [0.717, 1.165) is 25.7 Å². The fourth-order valence-electron chi connectivity index (χ4n) is 3.59. The van der Waals surface area contributed by atoms with E-state index in [9.17, 15) is 22.8 Å². The molecular formula is C22H24F3N3O3. The fraction of sp³-hybridized carbons (Fsp3) is 0.409.